The third-order valence-corrected chi connectivity index (χ3v) is 4.46. The quantitative estimate of drug-likeness (QED) is 0.677. The smallest absolute Gasteiger partial charge is 0.191 e. The molecule has 2 heterocycles. The van der Waals surface area contributed by atoms with Crippen molar-refractivity contribution in [1.82, 2.24) is 9.97 Å². The highest BCUT2D eigenvalue weighted by atomic mass is 32.2. The third-order valence-electron chi connectivity index (χ3n) is 3.91. The molecular formula is C16H17N5S. The number of anilines is 2. The second-order valence-electron chi connectivity index (χ2n) is 5.16. The first-order chi connectivity index (χ1) is 10.7. The normalized spacial score (nSPS) is 14.1. The topological polar surface area (TPSA) is 78.8 Å². The summed E-state index contributed by atoms with van der Waals surface area (Å²) in [5.74, 6) is 0.922. The predicted molar refractivity (Wildman–Crippen MR) is 89.0 cm³/mol. The van der Waals surface area contributed by atoms with Gasteiger partial charge in [-0.3, -0.25) is 0 Å². The van der Waals surface area contributed by atoms with Gasteiger partial charge in [-0.1, -0.05) is 36.0 Å². The van der Waals surface area contributed by atoms with Crippen LogP contribution < -0.4 is 10.6 Å². The van der Waals surface area contributed by atoms with E-state index >= 15 is 0 Å². The van der Waals surface area contributed by atoms with E-state index in [9.17, 15) is 5.26 Å². The van der Waals surface area contributed by atoms with Crippen LogP contribution in [0.2, 0.25) is 0 Å². The first-order valence-electron chi connectivity index (χ1n) is 7.16. The van der Waals surface area contributed by atoms with Gasteiger partial charge in [-0.15, -0.1) is 0 Å². The van der Waals surface area contributed by atoms with Gasteiger partial charge in [0.15, 0.2) is 11.0 Å². The van der Waals surface area contributed by atoms with E-state index in [2.05, 4.69) is 45.2 Å². The number of nitrogens with two attached hydrogens (primary N) is 1. The van der Waals surface area contributed by atoms with Gasteiger partial charge in [0.2, 0.25) is 0 Å². The zero-order chi connectivity index (χ0) is 15.5. The fraction of sp³-hybridized carbons (Fsp3) is 0.312. The summed E-state index contributed by atoms with van der Waals surface area (Å²) in [7, 11) is 0. The minimum Gasteiger partial charge on any atom is -0.382 e. The van der Waals surface area contributed by atoms with Gasteiger partial charge in [-0.25, -0.2) is 9.97 Å². The van der Waals surface area contributed by atoms with E-state index in [1.807, 2.05) is 6.26 Å². The molecule has 0 spiro atoms. The monoisotopic (exact) mass is 311 g/mol. The molecule has 0 fully saturated rings. The number of aromatic nitrogens is 2. The zero-order valence-corrected chi connectivity index (χ0v) is 13.2. The number of rotatable bonds is 2. The minimum atomic E-state index is 0.263. The standard InChI is InChI=1S/C16H17N5S/c1-22-16-19-14(18)13(10-17)15(20-16)21-8-6-11-4-2-3-5-12(11)7-9-21/h2-5H,6-9H2,1H3,(H2,18,19,20). The van der Waals surface area contributed by atoms with Crippen LogP contribution in [-0.2, 0) is 12.8 Å². The Bertz CT molecular complexity index is 711. The fourth-order valence-corrected chi connectivity index (χ4v) is 3.12. The molecule has 6 heteroatoms. The maximum Gasteiger partial charge on any atom is 0.191 e. The minimum absolute atomic E-state index is 0.263. The van der Waals surface area contributed by atoms with Crippen LogP contribution in [0.15, 0.2) is 29.4 Å². The summed E-state index contributed by atoms with van der Waals surface area (Å²) in [5, 5.41) is 10.00. The van der Waals surface area contributed by atoms with Crippen LogP contribution in [-0.4, -0.2) is 29.3 Å². The average molecular weight is 311 g/mol. The Hall–Kier alpha value is -2.26. The van der Waals surface area contributed by atoms with Crippen molar-refractivity contribution < 1.29 is 0 Å². The van der Waals surface area contributed by atoms with Gasteiger partial charge >= 0.3 is 0 Å². The molecule has 0 unspecified atom stereocenters. The maximum atomic E-state index is 9.39. The lowest BCUT2D eigenvalue weighted by molar-refractivity contribution is 0.773. The van der Waals surface area contributed by atoms with Gasteiger partial charge in [0, 0.05) is 13.1 Å². The molecule has 0 saturated heterocycles. The number of nitrogens with zero attached hydrogens (tertiary/aromatic N) is 4. The van der Waals surface area contributed by atoms with Gasteiger partial charge in [0.05, 0.1) is 0 Å². The molecule has 0 saturated carbocycles. The van der Waals surface area contributed by atoms with E-state index in [0.29, 0.717) is 16.5 Å². The average Bonchev–Trinajstić information content (AvgIpc) is 2.76. The van der Waals surface area contributed by atoms with Crippen LogP contribution in [0.5, 0.6) is 0 Å². The molecular weight excluding hydrogens is 294 g/mol. The van der Waals surface area contributed by atoms with Crippen LogP contribution in [0.1, 0.15) is 16.7 Å². The van der Waals surface area contributed by atoms with E-state index in [4.69, 9.17) is 5.73 Å². The first-order valence-corrected chi connectivity index (χ1v) is 8.38. The first kappa shape index (κ1) is 14.7. The lowest BCUT2D eigenvalue weighted by Crippen LogP contribution is -2.28. The molecule has 1 aliphatic heterocycles. The highest BCUT2D eigenvalue weighted by Crippen LogP contribution is 2.27. The fourth-order valence-electron chi connectivity index (χ4n) is 2.75. The van der Waals surface area contributed by atoms with Crippen LogP contribution >= 0.6 is 11.8 Å². The summed E-state index contributed by atoms with van der Waals surface area (Å²) < 4.78 is 0. The Morgan fingerprint density at radius 1 is 1.18 bits per heavy atom. The van der Waals surface area contributed by atoms with Crippen molar-refractivity contribution in [2.24, 2.45) is 0 Å². The number of nitriles is 1. The molecule has 0 atom stereocenters. The second-order valence-corrected chi connectivity index (χ2v) is 5.94. The molecule has 1 aromatic heterocycles. The molecule has 0 amide bonds. The van der Waals surface area contributed by atoms with E-state index in [1.54, 1.807) is 0 Å². The zero-order valence-electron chi connectivity index (χ0n) is 12.4. The molecule has 22 heavy (non-hydrogen) atoms. The summed E-state index contributed by atoms with van der Waals surface area (Å²) in [4.78, 5) is 10.8. The number of nitrogen functional groups attached to an aromatic ring is 1. The maximum absolute atomic E-state index is 9.39. The van der Waals surface area contributed by atoms with Crippen molar-refractivity contribution in [2.75, 3.05) is 30.0 Å². The molecule has 2 aromatic rings. The van der Waals surface area contributed by atoms with E-state index in [0.717, 1.165) is 25.9 Å². The van der Waals surface area contributed by atoms with E-state index < -0.39 is 0 Å². The van der Waals surface area contributed by atoms with Crippen LogP contribution in [0.4, 0.5) is 11.6 Å². The lowest BCUT2D eigenvalue weighted by Gasteiger charge is -2.23. The highest BCUT2D eigenvalue weighted by molar-refractivity contribution is 7.98. The van der Waals surface area contributed by atoms with Crippen molar-refractivity contribution in [3.05, 3.63) is 41.0 Å². The van der Waals surface area contributed by atoms with Crippen molar-refractivity contribution in [3.63, 3.8) is 0 Å². The number of hydrogen-bond donors (Lipinski definition) is 1. The van der Waals surface area contributed by atoms with Crippen molar-refractivity contribution in [3.8, 4) is 6.07 Å². The molecule has 0 bridgehead atoms. The summed E-state index contributed by atoms with van der Waals surface area (Å²) in [6.45, 7) is 1.66. The number of fused-ring (bicyclic) bond motifs is 1. The second kappa shape index (κ2) is 6.24. The molecule has 112 valence electrons. The molecule has 0 radical (unpaired) electrons. The Kier molecular flexibility index (Phi) is 4.16. The number of benzene rings is 1. The van der Waals surface area contributed by atoms with E-state index in [1.165, 1.54) is 22.9 Å². The third kappa shape index (κ3) is 2.72. The van der Waals surface area contributed by atoms with Gasteiger partial charge in [0.1, 0.15) is 17.5 Å². The molecule has 1 aliphatic rings. The number of hydrogen-bond acceptors (Lipinski definition) is 6. The van der Waals surface area contributed by atoms with E-state index in [-0.39, 0.29) is 5.82 Å². The predicted octanol–water partition coefficient (Wildman–Crippen LogP) is 2.26. The van der Waals surface area contributed by atoms with Crippen LogP contribution in [0.3, 0.4) is 0 Å². The summed E-state index contributed by atoms with van der Waals surface area (Å²) in [5.41, 5.74) is 9.04. The van der Waals surface area contributed by atoms with Crippen LogP contribution in [0, 0.1) is 11.3 Å². The van der Waals surface area contributed by atoms with Gasteiger partial charge in [-0.2, -0.15) is 5.26 Å². The summed E-state index contributed by atoms with van der Waals surface area (Å²) in [6.07, 6.45) is 3.79. The van der Waals surface area contributed by atoms with Crippen molar-refractivity contribution in [2.45, 2.75) is 18.0 Å². The Morgan fingerprint density at radius 3 is 2.36 bits per heavy atom. The van der Waals surface area contributed by atoms with Gasteiger partial charge in [0.25, 0.3) is 0 Å². The van der Waals surface area contributed by atoms with Gasteiger partial charge < -0.3 is 10.6 Å². The molecule has 1 aromatic carbocycles. The SMILES string of the molecule is CSc1nc(N)c(C#N)c(N2CCc3ccccc3CC2)n1. The molecule has 5 nitrogen and oxygen atoms in total. The molecule has 2 N–H and O–H groups in total. The number of thioether (sulfide) groups is 1. The summed E-state index contributed by atoms with van der Waals surface area (Å²) in [6, 6.07) is 10.6. The molecule has 0 aliphatic carbocycles. The molecule has 3 rings (SSSR count). The van der Waals surface area contributed by atoms with Crippen molar-refractivity contribution in [1.29, 1.82) is 5.26 Å². The van der Waals surface area contributed by atoms with Gasteiger partial charge in [-0.05, 0) is 30.2 Å². The Balaban J connectivity index is 1.96. The van der Waals surface area contributed by atoms with Crippen molar-refractivity contribution >= 4 is 23.4 Å². The largest absolute Gasteiger partial charge is 0.382 e. The van der Waals surface area contributed by atoms with Crippen LogP contribution in [0.25, 0.3) is 0 Å². The Labute approximate surface area is 134 Å². The lowest BCUT2D eigenvalue weighted by atomic mass is 10.0. The Morgan fingerprint density at radius 2 is 1.82 bits per heavy atom. The summed E-state index contributed by atoms with van der Waals surface area (Å²) >= 11 is 1.43. The highest BCUT2D eigenvalue weighted by Gasteiger charge is 2.20.